The molecule has 1 aliphatic rings. The first kappa shape index (κ1) is 28.3. The van der Waals surface area contributed by atoms with Crippen molar-refractivity contribution in [2.45, 2.75) is 83.0 Å². The summed E-state index contributed by atoms with van der Waals surface area (Å²) in [6, 6.07) is -4.26. The van der Waals surface area contributed by atoms with Gasteiger partial charge >= 0.3 is 11.9 Å². The van der Waals surface area contributed by atoms with Crippen LogP contribution in [0.15, 0.2) is 0 Å². The van der Waals surface area contributed by atoms with E-state index in [1.807, 2.05) is 13.8 Å². The van der Waals surface area contributed by atoms with E-state index >= 15 is 0 Å². The number of likely N-dealkylation sites (tertiary alicyclic amines) is 1. The van der Waals surface area contributed by atoms with Crippen LogP contribution >= 0.6 is 0 Å². The third-order valence-electron chi connectivity index (χ3n) is 5.95. The average molecular weight is 472 g/mol. The van der Waals surface area contributed by atoms with Crippen LogP contribution in [0, 0.1) is 5.92 Å². The minimum Gasteiger partial charge on any atom is -0.481 e. The number of nitrogens with zero attached hydrogens (tertiary/aromatic N) is 1. The molecule has 1 heterocycles. The van der Waals surface area contributed by atoms with Crippen molar-refractivity contribution in [3.63, 3.8) is 0 Å². The quantitative estimate of drug-likeness (QED) is 0.172. The lowest BCUT2D eigenvalue weighted by Gasteiger charge is -2.30. The van der Waals surface area contributed by atoms with Gasteiger partial charge in [0.2, 0.25) is 17.7 Å². The molecular formula is C21H37N5O7. The van der Waals surface area contributed by atoms with Gasteiger partial charge in [-0.05, 0) is 44.6 Å². The molecule has 1 fully saturated rings. The molecule has 33 heavy (non-hydrogen) atoms. The lowest BCUT2D eigenvalue weighted by molar-refractivity contribution is -0.147. The zero-order valence-electron chi connectivity index (χ0n) is 19.3. The van der Waals surface area contributed by atoms with Crippen LogP contribution < -0.4 is 22.1 Å². The van der Waals surface area contributed by atoms with Gasteiger partial charge in [-0.2, -0.15) is 0 Å². The highest BCUT2D eigenvalue weighted by Crippen LogP contribution is 2.21. The van der Waals surface area contributed by atoms with E-state index in [1.165, 1.54) is 4.90 Å². The maximum absolute atomic E-state index is 13.0. The van der Waals surface area contributed by atoms with E-state index < -0.39 is 54.3 Å². The molecule has 0 radical (unpaired) electrons. The zero-order valence-corrected chi connectivity index (χ0v) is 19.3. The summed E-state index contributed by atoms with van der Waals surface area (Å²) in [6.45, 7) is 4.54. The molecule has 0 aliphatic carbocycles. The van der Waals surface area contributed by atoms with Crippen molar-refractivity contribution in [1.29, 1.82) is 0 Å². The van der Waals surface area contributed by atoms with Gasteiger partial charge in [-0.3, -0.25) is 19.2 Å². The summed E-state index contributed by atoms with van der Waals surface area (Å²) in [5.41, 5.74) is 11.6. The first-order valence-corrected chi connectivity index (χ1v) is 11.3. The molecule has 5 atom stereocenters. The predicted molar refractivity (Wildman–Crippen MR) is 119 cm³/mol. The third kappa shape index (κ3) is 8.61. The minimum absolute atomic E-state index is 0.0567. The van der Waals surface area contributed by atoms with Crippen molar-refractivity contribution in [1.82, 2.24) is 15.5 Å². The van der Waals surface area contributed by atoms with E-state index in [4.69, 9.17) is 16.6 Å². The monoisotopic (exact) mass is 471 g/mol. The van der Waals surface area contributed by atoms with Crippen molar-refractivity contribution < 1.29 is 34.2 Å². The average Bonchev–Trinajstić information content (AvgIpc) is 3.26. The van der Waals surface area contributed by atoms with Crippen LogP contribution in [0.25, 0.3) is 0 Å². The van der Waals surface area contributed by atoms with Crippen LogP contribution in [0.3, 0.4) is 0 Å². The highest BCUT2D eigenvalue weighted by Gasteiger charge is 2.38. The van der Waals surface area contributed by atoms with E-state index in [0.717, 1.165) is 0 Å². The first-order chi connectivity index (χ1) is 15.5. The lowest BCUT2D eigenvalue weighted by Crippen LogP contribution is -2.57. The molecule has 0 bridgehead atoms. The third-order valence-corrected chi connectivity index (χ3v) is 5.95. The summed E-state index contributed by atoms with van der Waals surface area (Å²) in [5.74, 6) is -4.60. The number of carbonyl (C=O) groups is 5. The van der Waals surface area contributed by atoms with Gasteiger partial charge in [-0.25, -0.2) is 4.79 Å². The zero-order chi connectivity index (χ0) is 25.1. The van der Waals surface area contributed by atoms with Crippen LogP contribution in [-0.2, 0) is 24.0 Å². The van der Waals surface area contributed by atoms with Crippen LogP contribution in [0.1, 0.15) is 58.8 Å². The minimum atomic E-state index is -1.64. The summed E-state index contributed by atoms with van der Waals surface area (Å²) < 4.78 is 0. The molecule has 8 N–H and O–H groups in total. The molecule has 0 spiro atoms. The molecule has 5 unspecified atom stereocenters. The Morgan fingerprint density at radius 3 is 2.30 bits per heavy atom. The van der Waals surface area contributed by atoms with E-state index in [2.05, 4.69) is 10.6 Å². The Hall–Kier alpha value is -2.73. The molecule has 1 rings (SSSR count). The largest absolute Gasteiger partial charge is 0.481 e. The normalized spacial score (nSPS) is 19.3. The highest BCUT2D eigenvalue weighted by atomic mass is 16.4. The number of carbonyl (C=O) groups excluding carboxylic acids is 3. The van der Waals surface area contributed by atoms with Gasteiger partial charge in [0.1, 0.15) is 18.1 Å². The Labute approximate surface area is 193 Å². The number of nitrogens with two attached hydrogens (primary N) is 2. The fourth-order valence-corrected chi connectivity index (χ4v) is 3.67. The van der Waals surface area contributed by atoms with E-state index in [9.17, 15) is 29.1 Å². The number of hydrogen-bond acceptors (Lipinski definition) is 7. The summed E-state index contributed by atoms with van der Waals surface area (Å²) in [6.07, 6.45) is 2.18. The molecule has 0 saturated carbocycles. The van der Waals surface area contributed by atoms with Crippen molar-refractivity contribution in [3.8, 4) is 0 Å². The topological polar surface area (TPSA) is 205 Å². The Bertz CT molecular complexity index is 717. The summed E-state index contributed by atoms with van der Waals surface area (Å²) >= 11 is 0. The molecule has 1 saturated heterocycles. The smallest absolute Gasteiger partial charge is 0.326 e. The molecule has 1 aliphatic heterocycles. The predicted octanol–water partition coefficient (Wildman–Crippen LogP) is -0.991. The van der Waals surface area contributed by atoms with Gasteiger partial charge in [0.15, 0.2) is 0 Å². The van der Waals surface area contributed by atoms with Gasteiger partial charge in [-0.1, -0.05) is 20.3 Å². The Morgan fingerprint density at radius 1 is 1.09 bits per heavy atom. The summed E-state index contributed by atoms with van der Waals surface area (Å²) in [5, 5.41) is 22.9. The lowest BCUT2D eigenvalue weighted by atomic mass is 9.98. The van der Waals surface area contributed by atoms with Gasteiger partial charge in [-0.15, -0.1) is 0 Å². The SMILES string of the molecule is CCC(C)C(N)C(=O)N1CCCC1C(=O)NC(CCCCN)C(=O)NC(CC(=O)O)C(=O)O. The molecule has 3 amide bonds. The second-order valence-corrected chi connectivity index (χ2v) is 8.44. The van der Waals surface area contributed by atoms with Crippen molar-refractivity contribution in [2.75, 3.05) is 13.1 Å². The van der Waals surface area contributed by atoms with Crippen LogP contribution in [0.2, 0.25) is 0 Å². The summed E-state index contributed by atoms with van der Waals surface area (Å²) in [4.78, 5) is 62.2. The Balaban J connectivity index is 2.94. The van der Waals surface area contributed by atoms with Crippen LogP contribution in [0.5, 0.6) is 0 Å². The maximum atomic E-state index is 13.0. The van der Waals surface area contributed by atoms with E-state index in [-0.39, 0.29) is 18.2 Å². The second-order valence-electron chi connectivity index (χ2n) is 8.44. The van der Waals surface area contributed by atoms with Crippen molar-refractivity contribution >= 4 is 29.7 Å². The van der Waals surface area contributed by atoms with Gasteiger partial charge < -0.3 is 37.2 Å². The standard InChI is InChI=1S/C21H37N5O7/c1-3-12(2)17(23)20(31)26-10-6-8-15(26)19(30)24-13(7-4-5-9-22)18(29)25-14(21(32)33)11-16(27)28/h12-15,17H,3-11,22-23H2,1-2H3,(H,24,30)(H,25,29)(H,27,28)(H,32,33). The van der Waals surface area contributed by atoms with Crippen molar-refractivity contribution in [2.24, 2.45) is 17.4 Å². The fraction of sp³-hybridized carbons (Fsp3) is 0.762. The molecule has 0 aromatic rings. The molecule has 188 valence electrons. The summed E-state index contributed by atoms with van der Waals surface area (Å²) in [7, 11) is 0. The fourth-order valence-electron chi connectivity index (χ4n) is 3.67. The number of rotatable bonds is 14. The molecule has 0 aromatic carbocycles. The number of carboxylic acid groups (broad SMARTS) is 2. The molecule has 0 aromatic heterocycles. The van der Waals surface area contributed by atoms with Gasteiger partial charge in [0, 0.05) is 6.54 Å². The van der Waals surface area contributed by atoms with Crippen LogP contribution in [0.4, 0.5) is 0 Å². The van der Waals surface area contributed by atoms with E-state index in [0.29, 0.717) is 45.2 Å². The molecular weight excluding hydrogens is 434 g/mol. The van der Waals surface area contributed by atoms with Gasteiger partial charge in [0.05, 0.1) is 12.5 Å². The Kier molecular flexibility index (Phi) is 11.8. The van der Waals surface area contributed by atoms with Gasteiger partial charge in [0.25, 0.3) is 0 Å². The highest BCUT2D eigenvalue weighted by molar-refractivity contribution is 5.95. The maximum Gasteiger partial charge on any atom is 0.326 e. The molecule has 12 heteroatoms. The first-order valence-electron chi connectivity index (χ1n) is 11.3. The van der Waals surface area contributed by atoms with Crippen LogP contribution in [-0.4, -0.2) is 82.0 Å². The van der Waals surface area contributed by atoms with E-state index in [1.54, 1.807) is 0 Å². The van der Waals surface area contributed by atoms with Crippen molar-refractivity contribution in [3.05, 3.63) is 0 Å². The number of unbranched alkanes of at least 4 members (excludes halogenated alkanes) is 1. The number of amides is 3. The number of aliphatic carboxylic acids is 2. The Morgan fingerprint density at radius 2 is 1.76 bits per heavy atom. The second kappa shape index (κ2) is 13.7. The number of carboxylic acids is 2. The number of nitrogens with one attached hydrogen (secondary N) is 2. The molecule has 12 nitrogen and oxygen atoms in total. The number of hydrogen-bond donors (Lipinski definition) is 6.